The predicted octanol–water partition coefficient (Wildman–Crippen LogP) is 38.1. The van der Waals surface area contributed by atoms with E-state index in [4.69, 9.17) is 17.7 Å². The molecule has 22 aromatic carbocycles. The molecule has 0 saturated heterocycles. The maximum Gasteiger partial charge on any atom is 0.145 e. The Kier molecular flexibility index (Phi) is 16.4. The number of nitrogens with zero attached hydrogens (tertiary/aromatic N) is 3. The number of para-hydroxylation sites is 3. The first-order valence-corrected chi connectivity index (χ1v) is 47.8. The fraction of sp³-hybridized carbons (Fsp3) is 0. The van der Waals surface area contributed by atoms with Gasteiger partial charge in [0, 0.05) is 138 Å². The number of hydrogen-bond acceptors (Lipinski definition) is 10. The van der Waals surface area contributed by atoms with Crippen molar-refractivity contribution in [2.45, 2.75) is 0 Å². The van der Waals surface area contributed by atoms with Crippen LogP contribution in [0.1, 0.15) is 0 Å². The second kappa shape index (κ2) is 29.3. The lowest BCUT2D eigenvalue weighted by atomic mass is 9.93. The zero-order valence-corrected chi connectivity index (χ0v) is 74.1. The highest BCUT2D eigenvalue weighted by atomic mass is 32.1. The molecule has 29 rings (SSSR count). The molecule has 29 aromatic rings. The van der Waals surface area contributed by atoms with Crippen molar-refractivity contribution < 1.29 is 17.7 Å². The van der Waals surface area contributed by atoms with Crippen molar-refractivity contribution in [2.24, 2.45) is 0 Å². The number of benzene rings is 22. The van der Waals surface area contributed by atoms with Crippen LogP contribution in [0.5, 0.6) is 0 Å². The second-order valence-corrected chi connectivity index (χ2v) is 38.2. The Morgan fingerprint density at radius 3 is 1.09 bits per heavy atom. The van der Waals surface area contributed by atoms with Crippen LogP contribution in [0.3, 0.4) is 0 Å². The summed E-state index contributed by atoms with van der Waals surface area (Å²) < 4.78 is 36.3. The van der Waals surface area contributed by atoms with Crippen molar-refractivity contribution in [1.82, 2.24) is 0 Å². The van der Waals surface area contributed by atoms with Crippen LogP contribution in [-0.2, 0) is 0 Å². The van der Waals surface area contributed by atoms with Crippen LogP contribution in [0.15, 0.2) is 448 Å². The summed E-state index contributed by atoms with van der Waals surface area (Å²) in [5, 5.41) is 25.1. The quantitative estimate of drug-likeness (QED) is 0.114. The maximum absolute atomic E-state index is 7.77. The minimum atomic E-state index is 0.794. The lowest BCUT2D eigenvalue weighted by Gasteiger charge is -2.27. The fourth-order valence-electron chi connectivity index (χ4n) is 21.9. The first kappa shape index (κ1) is 75.0. The molecule has 7 heterocycles. The largest absolute Gasteiger partial charge is 0.456 e. The summed E-state index contributed by atoms with van der Waals surface area (Å²) in [6.07, 6.45) is 0. The van der Waals surface area contributed by atoms with Crippen molar-refractivity contribution in [1.29, 1.82) is 0 Å². The highest BCUT2D eigenvalue weighted by molar-refractivity contribution is 7.28. The third-order valence-electron chi connectivity index (χ3n) is 27.8. The molecule has 0 aliphatic rings. The Hall–Kier alpha value is -16.9. The van der Waals surface area contributed by atoms with Gasteiger partial charge in [-0.15, -0.1) is 34.0 Å². The molecule has 134 heavy (non-hydrogen) atoms. The average molecular weight is 1760 g/mol. The van der Waals surface area contributed by atoms with Crippen molar-refractivity contribution in [3.8, 4) is 44.5 Å². The normalized spacial score (nSPS) is 12.2. The molecule has 0 fully saturated rings. The summed E-state index contributed by atoms with van der Waals surface area (Å²) in [6.45, 7) is 0. The molecule has 7 nitrogen and oxygen atoms in total. The van der Waals surface area contributed by atoms with E-state index in [0.29, 0.717) is 0 Å². The highest BCUT2D eigenvalue weighted by Gasteiger charge is 2.32. The fourth-order valence-corrected chi connectivity index (χ4v) is 25.7. The molecule has 0 amide bonds. The lowest BCUT2D eigenvalue weighted by molar-refractivity contribution is 0.668. The van der Waals surface area contributed by atoms with Gasteiger partial charge < -0.3 is 32.4 Å². The third-order valence-corrected chi connectivity index (χ3v) is 31.4. The maximum atomic E-state index is 7.77. The monoisotopic (exact) mass is 1760 g/mol. The molecule has 0 saturated carbocycles. The van der Waals surface area contributed by atoms with Gasteiger partial charge in [0.15, 0.2) is 0 Å². The number of fused-ring (bicyclic) bond motifs is 31. The lowest BCUT2D eigenvalue weighted by Crippen LogP contribution is -2.10. The summed E-state index contributed by atoms with van der Waals surface area (Å²) >= 11 is 5.53. The molecule has 0 aliphatic heterocycles. The van der Waals surface area contributed by atoms with Gasteiger partial charge in [-0.25, -0.2) is 0 Å². The van der Waals surface area contributed by atoms with Crippen LogP contribution in [0.25, 0.3) is 236 Å². The molecular formula is C124H71N3O4S3. The topological polar surface area (TPSA) is 62.3 Å². The standard InChI is InChI=1S/C124H71N3O4S3/c1-5-23-72(24-6-1)74-45-50-80(51-46-74)125(78-30-9-3-10-31-78)100-63-56-93(120-115(100)118-105(130-120)66-59-95-111-84-35-16-14-28-77(84)49-68-108(111)132-123(95)118)85-37-21-40-92-88(85)62-70-110-113(92)97-60-67-106-119(124(97)134-110)116-101(126(79-32-11-4-12-33-79)82-54-55-90-89-36-17-18-43-102(89)128-107(90)71-82)64-57-94(121(116)131-106)86-38-20-39-91-87(86)61-69-109-112(91)96-58-65-104-117(122(96)133-109)114-99(42-22-44-103(114)129-104)127(98-41-19-29-76-27-13-15-34-83(76)98)81-52-47-75(48-53-81)73-25-7-2-8-26-73/h1-71H. The number of rotatable bonds is 13. The summed E-state index contributed by atoms with van der Waals surface area (Å²) in [4.78, 5) is 7.26. The molecule has 0 unspecified atom stereocenters. The van der Waals surface area contributed by atoms with E-state index >= 15 is 0 Å². The predicted molar refractivity (Wildman–Crippen MR) is 570 cm³/mol. The van der Waals surface area contributed by atoms with Crippen LogP contribution >= 0.6 is 34.0 Å². The molecule has 0 N–H and O–H groups in total. The van der Waals surface area contributed by atoms with Gasteiger partial charge in [-0.05, 0) is 235 Å². The summed E-state index contributed by atoms with van der Waals surface area (Å²) in [6, 6.07) is 157. The molecule has 0 atom stereocenters. The van der Waals surface area contributed by atoms with E-state index in [1.807, 2.05) is 40.1 Å². The number of hydrogen-bond donors (Lipinski definition) is 0. The van der Waals surface area contributed by atoms with Crippen LogP contribution in [0.4, 0.5) is 51.2 Å². The minimum absolute atomic E-state index is 0.794. The molecule has 624 valence electrons. The van der Waals surface area contributed by atoms with E-state index in [9.17, 15) is 0 Å². The number of furan rings is 4. The Labute approximate surface area is 778 Å². The average Bonchev–Trinajstić information content (AvgIpc) is 1.54. The van der Waals surface area contributed by atoms with Gasteiger partial charge in [0.1, 0.15) is 44.7 Å². The van der Waals surface area contributed by atoms with E-state index in [1.165, 1.54) is 77.7 Å². The Morgan fingerprint density at radius 1 is 0.164 bits per heavy atom. The zero-order valence-electron chi connectivity index (χ0n) is 71.7. The van der Waals surface area contributed by atoms with Gasteiger partial charge in [-0.1, -0.05) is 261 Å². The van der Waals surface area contributed by atoms with E-state index in [0.717, 1.165) is 209 Å². The van der Waals surface area contributed by atoms with E-state index in [-0.39, 0.29) is 0 Å². The minimum Gasteiger partial charge on any atom is -0.456 e. The third kappa shape index (κ3) is 11.3. The second-order valence-electron chi connectivity index (χ2n) is 35.0. The molecule has 0 aliphatic carbocycles. The Morgan fingerprint density at radius 2 is 0.522 bits per heavy atom. The van der Waals surface area contributed by atoms with Gasteiger partial charge >= 0.3 is 0 Å². The van der Waals surface area contributed by atoms with Gasteiger partial charge in [-0.2, -0.15) is 0 Å². The number of anilines is 9. The zero-order chi connectivity index (χ0) is 87.5. The molecule has 10 heteroatoms. The first-order valence-electron chi connectivity index (χ1n) is 45.4. The van der Waals surface area contributed by atoms with Crippen LogP contribution < -0.4 is 14.7 Å². The molecule has 7 aromatic heterocycles. The molecule has 0 radical (unpaired) electrons. The van der Waals surface area contributed by atoms with Crippen molar-refractivity contribution in [3.63, 3.8) is 0 Å². The highest BCUT2D eigenvalue weighted by Crippen LogP contribution is 2.58. The van der Waals surface area contributed by atoms with Gasteiger partial charge in [-0.3, -0.25) is 0 Å². The van der Waals surface area contributed by atoms with Gasteiger partial charge in [0.25, 0.3) is 0 Å². The van der Waals surface area contributed by atoms with Crippen molar-refractivity contribution in [3.05, 3.63) is 431 Å². The van der Waals surface area contributed by atoms with Gasteiger partial charge in [0.05, 0.1) is 38.9 Å². The summed E-state index contributed by atoms with van der Waals surface area (Å²) in [5.41, 5.74) is 24.6. The van der Waals surface area contributed by atoms with Crippen molar-refractivity contribution >= 4 is 277 Å². The Bertz CT molecular complexity index is 9980. The van der Waals surface area contributed by atoms with Crippen LogP contribution in [0.2, 0.25) is 0 Å². The molecular weight excluding hydrogens is 1690 g/mol. The first-order chi connectivity index (χ1) is 66.5. The van der Waals surface area contributed by atoms with E-state index in [1.54, 1.807) is 0 Å². The Balaban J connectivity index is 0.638. The van der Waals surface area contributed by atoms with Crippen molar-refractivity contribution in [2.75, 3.05) is 14.7 Å². The van der Waals surface area contributed by atoms with Crippen LogP contribution in [-0.4, -0.2) is 0 Å². The number of thiophene rings is 3. The smallest absolute Gasteiger partial charge is 0.145 e. The summed E-state index contributed by atoms with van der Waals surface area (Å²) in [5.74, 6) is 0. The molecule has 0 bridgehead atoms. The van der Waals surface area contributed by atoms with Crippen LogP contribution in [0, 0.1) is 0 Å². The SMILES string of the molecule is c1ccc(-c2ccc(N(c3cccc4ccccc34)c3cccc4oc5ccc6c(sc7ccc8c(-c9ccc(N(c%10ccccc%10)c%10ccc%11c(c%10)oc%10ccccc%10%11)c%10c9oc9ccc%11c(sc%12ccc%13c(-c%14ccc(N(c%15ccccc%15)c%15ccc(-c%16ccccc%16)cc%15)c%15c%14oc%14ccc%16c(sc%17ccc%18ccccc%18c%17%16)c%14%15)cccc%13c%12%11)c9%10)cccc8c76)c5c34)cc2)cc1. The van der Waals surface area contributed by atoms with E-state index < -0.39 is 0 Å². The summed E-state index contributed by atoms with van der Waals surface area (Å²) in [7, 11) is 0. The molecule has 0 spiro atoms. The van der Waals surface area contributed by atoms with E-state index in [2.05, 4.69) is 439 Å². The van der Waals surface area contributed by atoms with Gasteiger partial charge in [0.2, 0.25) is 0 Å².